The summed E-state index contributed by atoms with van der Waals surface area (Å²) in [6.07, 6.45) is 0. The molecule has 0 fully saturated rings. The maximum Gasteiger partial charge on any atom is 0.336 e. The number of hydrogen-bond acceptors (Lipinski definition) is 6. The molecule has 0 bridgehead atoms. The van der Waals surface area contributed by atoms with Crippen LogP contribution in [0.2, 0.25) is 0 Å². The first-order chi connectivity index (χ1) is 13.0. The van der Waals surface area contributed by atoms with Gasteiger partial charge in [-0.1, -0.05) is 35.5 Å². The van der Waals surface area contributed by atoms with Crippen molar-refractivity contribution in [3.8, 4) is 17.1 Å². The molecule has 7 heteroatoms. The molecule has 0 unspecified atom stereocenters. The summed E-state index contributed by atoms with van der Waals surface area (Å²) in [5.74, 6) is 1.39. The summed E-state index contributed by atoms with van der Waals surface area (Å²) in [6.45, 7) is 2.04. The van der Waals surface area contributed by atoms with Crippen LogP contribution in [0.4, 0.5) is 0 Å². The Morgan fingerprint density at radius 1 is 1.15 bits per heavy atom. The molecule has 0 saturated heterocycles. The van der Waals surface area contributed by atoms with Crippen LogP contribution in [0.3, 0.4) is 0 Å². The second-order valence-corrected chi connectivity index (χ2v) is 7.24. The first kappa shape index (κ1) is 17.4. The predicted octanol–water partition coefficient (Wildman–Crippen LogP) is 3.89. The fourth-order valence-electron chi connectivity index (χ4n) is 2.96. The second kappa shape index (κ2) is 6.92. The molecule has 0 aliphatic carbocycles. The lowest BCUT2D eigenvalue weighted by molar-refractivity contribution is 0.473. The maximum atomic E-state index is 11.8. The summed E-state index contributed by atoms with van der Waals surface area (Å²) in [7, 11) is 1.93. The first-order valence-electron chi connectivity index (χ1n) is 8.36. The van der Waals surface area contributed by atoms with Gasteiger partial charge in [-0.25, -0.2) is 4.79 Å². The van der Waals surface area contributed by atoms with Gasteiger partial charge in [0.15, 0.2) is 11.0 Å². The minimum Gasteiger partial charge on any atom is -0.508 e. The third kappa shape index (κ3) is 3.46. The third-order valence-electron chi connectivity index (χ3n) is 4.28. The number of aromatic hydroxyl groups is 1. The zero-order chi connectivity index (χ0) is 19.0. The van der Waals surface area contributed by atoms with Gasteiger partial charge in [0.05, 0.1) is 0 Å². The zero-order valence-electron chi connectivity index (χ0n) is 14.8. The van der Waals surface area contributed by atoms with Crippen LogP contribution in [0.1, 0.15) is 11.1 Å². The molecular weight excluding hydrogens is 362 g/mol. The van der Waals surface area contributed by atoms with Crippen LogP contribution >= 0.6 is 11.8 Å². The van der Waals surface area contributed by atoms with Crippen molar-refractivity contribution in [3.63, 3.8) is 0 Å². The molecule has 0 saturated carbocycles. The van der Waals surface area contributed by atoms with Gasteiger partial charge in [-0.2, -0.15) is 0 Å². The van der Waals surface area contributed by atoms with Gasteiger partial charge in [0.25, 0.3) is 0 Å². The van der Waals surface area contributed by atoms with E-state index in [9.17, 15) is 9.90 Å². The summed E-state index contributed by atoms with van der Waals surface area (Å²) in [6, 6.07) is 14.4. The SMILES string of the molecule is Cc1cccc(-c2nnc(SCc3cc(=O)oc4cc(O)ccc34)n2C)c1. The molecule has 2 aromatic heterocycles. The summed E-state index contributed by atoms with van der Waals surface area (Å²) in [5, 5.41) is 19.7. The Bertz CT molecular complexity index is 1200. The molecule has 27 heavy (non-hydrogen) atoms. The van der Waals surface area contributed by atoms with Gasteiger partial charge in [-0.3, -0.25) is 0 Å². The zero-order valence-corrected chi connectivity index (χ0v) is 15.7. The minimum atomic E-state index is -0.442. The lowest BCUT2D eigenvalue weighted by Crippen LogP contribution is -2.00. The molecule has 0 aliphatic heterocycles. The quantitative estimate of drug-likeness (QED) is 0.428. The highest BCUT2D eigenvalue weighted by molar-refractivity contribution is 7.98. The number of thioether (sulfide) groups is 1. The van der Waals surface area contributed by atoms with Crippen LogP contribution < -0.4 is 5.63 Å². The van der Waals surface area contributed by atoms with E-state index in [1.165, 1.54) is 23.9 Å². The number of aromatic nitrogens is 3. The van der Waals surface area contributed by atoms with Gasteiger partial charge in [0.1, 0.15) is 11.3 Å². The minimum absolute atomic E-state index is 0.0616. The number of benzene rings is 2. The van der Waals surface area contributed by atoms with Crippen LogP contribution in [-0.4, -0.2) is 19.9 Å². The highest BCUT2D eigenvalue weighted by atomic mass is 32.2. The van der Waals surface area contributed by atoms with Crippen molar-refractivity contribution in [2.75, 3.05) is 0 Å². The van der Waals surface area contributed by atoms with E-state index >= 15 is 0 Å². The summed E-state index contributed by atoms with van der Waals surface area (Å²) >= 11 is 1.49. The van der Waals surface area contributed by atoms with E-state index < -0.39 is 5.63 Å². The van der Waals surface area contributed by atoms with Crippen LogP contribution in [0.25, 0.3) is 22.4 Å². The Morgan fingerprint density at radius 2 is 2.00 bits per heavy atom. The standard InChI is InChI=1S/C20H17N3O3S/c1-12-4-3-5-13(8-12)19-21-22-20(23(19)2)27-11-14-9-18(25)26-17-10-15(24)6-7-16(14)17/h3-10,24H,11H2,1-2H3. The molecule has 6 nitrogen and oxygen atoms in total. The lowest BCUT2D eigenvalue weighted by Gasteiger charge is -2.06. The summed E-state index contributed by atoms with van der Waals surface area (Å²) in [5.41, 5.74) is 2.93. The maximum absolute atomic E-state index is 11.8. The molecule has 4 rings (SSSR count). The monoisotopic (exact) mass is 379 g/mol. The van der Waals surface area contributed by atoms with Crippen molar-refractivity contribution in [1.82, 2.24) is 14.8 Å². The molecule has 0 spiro atoms. The molecule has 0 aliphatic rings. The average Bonchev–Trinajstić information content (AvgIpc) is 2.99. The second-order valence-electron chi connectivity index (χ2n) is 6.29. The van der Waals surface area contributed by atoms with E-state index in [1.54, 1.807) is 12.1 Å². The van der Waals surface area contributed by atoms with Crippen molar-refractivity contribution >= 4 is 22.7 Å². The van der Waals surface area contributed by atoms with Crippen molar-refractivity contribution in [3.05, 3.63) is 70.1 Å². The molecule has 0 amide bonds. The number of hydrogen-bond donors (Lipinski definition) is 1. The molecular formula is C20H17N3O3S. The Hall–Kier alpha value is -3.06. The number of phenols is 1. The van der Waals surface area contributed by atoms with E-state index in [1.807, 2.05) is 36.7 Å². The lowest BCUT2D eigenvalue weighted by atomic mass is 10.1. The number of phenolic OH excluding ortho intramolecular Hbond substituents is 1. The van der Waals surface area contributed by atoms with Crippen molar-refractivity contribution < 1.29 is 9.52 Å². The van der Waals surface area contributed by atoms with Gasteiger partial charge in [0.2, 0.25) is 0 Å². The molecule has 4 aromatic rings. The fraction of sp³-hybridized carbons (Fsp3) is 0.150. The van der Waals surface area contributed by atoms with Gasteiger partial charge >= 0.3 is 5.63 Å². The molecule has 2 aromatic carbocycles. The van der Waals surface area contributed by atoms with Crippen LogP contribution in [0.5, 0.6) is 5.75 Å². The van der Waals surface area contributed by atoms with Crippen molar-refractivity contribution in [1.29, 1.82) is 0 Å². The molecule has 1 N–H and O–H groups in total. The van der Waals surface area contributed by atoms with Crippen LogP contribution in [0.15, 0.2) is 62.9 Å². The van der Waals surface area contributed by atoms with Crippen molar-refractivity contribution in [2.24, 2.45) is 7.05 Å². The van der Waals surface area contributed by atoms with Gasteiger partial charge in [-0.15, -0.1) is 10.2 Å². The Labute approximate surface area is 159 Å². The molecule has 136 valence electrons. The largest absolute Gasteiger partial charge is 0.508 e. The summed E-state index contributed by atoms with van der Waals surface area (Å²) in [4.78, 5) is 11.8. The fourth-order valence-corrected chi connectivity index (χ4v) is 3.86. The predicted molar refractivity (Wildman–Crippen MR) is 105 cm³/mol. The number of nitrogens with zero attached hydrogens (tertiary/aromatic N) is 3. The Kier molecular flexibility index (Phi) is 4.45. The molecule has 2 heterocycles. The number of rotatable bonds is 4. The normalized spacial score (nSPS) is 11.2. The van der Waals surface area contributed by atoms with E-state index in [0.29, 0.717) is 11.3 Å². The highest BCUT2D eigenvalue weighted by Gasteiger charge is 2.13. The van der Waals surface area contributed by atoms with E-state index in [-0.39, 0.29) is 5.75 Å². The van der Waals surface area contributed by atoms with E-state index in [4.69, 9.17) is 4.42 Å². The van der Waals surface area contributed by atoms with Gasteiger partial charge < -0.3 is 14.1 Å². The van der Waals surface area contributed by atoms with Crippen LogP contribution in [0, 0.1) is 6.92 Å². The summed E-state index contributed by atoms with van der Waals surface area (Å²) < 4.78 is 7.12. The van der Waals surface area contributed by atoms with E-state index in [0.717, 1.165) is 33.1 Å². The average molecular weight is 379 g/mol. The van der Waals surface area contributed by atoms with Gasteiger partial charge in [0, 0.05) is 35.9 Å². The topological polar surface area (TPSA) is 81.2 Å². The smallest absolute Gasteiger partial charge is 0.336 e. The number of fused-ring (bicyclic) bond motifs is 1. The van der Waals surface area contributed by atoms with Gasteiger partial charge in [-0.05, 0) is 30.7 Å². The Balaban J connectivity index is 1.63. The molecule has 0 radical (unpaired) electrons. The first-order valence-corrected chi connectivity index (χ1v) is 9.35. The highest BCUT2D eigenvalue weighted by Crippen LogP contribution is 2.29. The Morgan fingerprint density at radius 3 is 2.81 bits per heavy atom. The van der Waals surface area contributed by atoms with Crippen LogP contribution in [-0.2, 0) is 12.8 Å². The number of aryl methyl sites for hydroxylation is 1. The molecule has 0 atom stereocenters. The van der Waals surface area contributed by atoms with E-state index in [2.05, 4.69) is 16.3 Å². The third-order valence-corrected chi connectivity index (χ3v) is 5.35. The van der Waals surface area contributed by atoms with Crippen molar-refractivity contribution in [2.45, 2.75) is 17.8 Å².